The number of carbonyl (C=O) groups excluding carboxylic acids is 1. The Hall–Kier alpha value is -1.89. The van der Waals surface area contributed by atoms with Gasteiger partial charge in [-0.25, -0.2) is 4.98 Å². The molecule has 0 unspecified atom stereocenters. The molecule has 0 bridgehead atoms. The molecule has 94 valence electrons. The number of benzene rings is 1. The molecule has 1 aromatic heterocycles. The fourth-order valence-corrected chi connectivity index (χ4v) is 2.07. The SMILES string of the molecule is COc1cc2nc(CNC=O)[nH]c(=O)c2cc1Br. The number of aromatic nitrogens is 2. The zero-order valence-electron chi connectivity index (χ0n) is 9.49. The van der Waals surface area contributed by atoms with Gasteiger partial charge in [0, 0.05) is 6.07 Å². The van der Waals surface area contributed by atoms with Crippen LogP contribution in [0, 0.1) is 0 Å². The molecule has 18 heavy (non-hydrogen) atoms. The van der Waals surface area contributed by atoms with Gasteiger partial charge in [0.1, 0.15) is 11.6 Å². The van der Waals surface area contributed by atoms with Crippen molar-refractivity contribution in [2.24, 2.45) is 0 Å². The number of methoxy groups -OCH3 is 1. The van der Waals surface area contributed by atoms with Crippen LogP contribution in [0.3, 0.4) is 0 Å². The zero-order chi connectivity index (χ0) is 13.1. The molecule has 0 spiro atoms. The lowest BCUT2D eigenvalue weighted by Gasteiger charge is -2.06. The molecule has 0 aliphatic carbocycles. The summed E-state index contributed by atoms with van der Waals surface area (Å²) in [5, 5.41) is 2.90. The minimum Gasteiger partial charge on any atom is -0.495 e. The minimum absolute atomic E-state index is 0.174. The fraction of sp³-hybridized carbons (Fsp3) is 0.182. The monoisotopic (exact) mass is 311 g/mol. The van der Waals surface area contributed by atoms with Crippen LogP contribution in [-0.4, -0.2) is 23.5 Å². The summed E-state index contributed by atoms with van der Waals surface area (Å²) in [6.07, 6.45) is 0.548. The van der Waals surface area contributed by atoms with E-state index in [4.69, 9.17) is 4.74 Å². The molecule has 6 nitrogen and oxygen atoms in total. The highest BCUT2D eigenvalue weighted by molar-refractivity contribution is 9.10. The summed E-state index contributed by atoms with van der Waals surface area (Å²) in [5.41, 5.74) is 0.257. The molecule has 1 amide bonds. The summed E-state index contributed by atoms with van der Waals surface area (Å²) in [7, 11) is 1.54. The number of rotatable bonds is 4. The maximum absolute atomic E-state index is 11.8. The summed E-state index contributed by atoms with van der Waals surface area (Å²) in [6.45, 7) is 0.174. The molecule has 0 saturated heterocycles. The van der Waals surface area contributed by atoms with Crippen molar-refractivity contribution >= 4 is 33.2 Å². The smallest absolute Gasteiger partial charge is 0.258 e. The first kappa shape index (κ1) is 12.6. The molecule has 2 N–H and O–H groups in total. The van der Waals surface area contributed by atoms with E-state index in [1.54, 1.807) is 12.1 Å². The van der Waals surface area contributed by atoms with Crippen molar-refractivity contribution in [2.75, 3.05) is 7.11 Å². The van der Waals surface area contributed by atoms with Crippen molar-refractivity contribution < 1.29 is 9.53 Å². The van der Waals surface area contributed by atoms with Crippen LogP contribution < -0.4 is 15.6 Å². The number of nitrogens with zero attached hydrogens (tertiary/aromatic N) is 1. The normalized spacial score (nSPS) is 10.3. The van der Waals surface area contributed by atoms with Crippen molar-refractivity contribution in [2.45, 2.75) is 6.54 Å². The van der Waals surface area contributed by atoms with Crippen LogP contribution in [-0.2, 0) is 11.3 Å². The highest BCUT2D eigenvalue weighted by atomic mass is 79.9. The van der Waals surface area contributed by atoms with E-state index in [1.165, 1.54) is 7.11 Å². The molecule has 1 heterocycles. The largest absolute Gasteiger partial charge is 0.495 e. The van der Waals surface area contributed by atoms with Gasteiger partial charge in [-0.1, -0.05) is 0 Å². The Morgan fingerprint density at radius 3 is 3.00 bits per heavy atom. The van der Waals surface area contributed by atoms with E-state index in [0.717, 1.165) is 0 Å². The Morgan fingerprint density at radius 1 is 1.56 bits per heavy atom. The number of hydrogen-bond acceptors (Lipinski definition) is 4. The molecule has 2 aromatic rings. The molecule has 0 fully saturated rings. The lowest BCUT2D eigenvalue weighted by Crippen LogP contribution is -2.18. The molecular formula is C11H10BrN3O3. The molecule has 0 radical (unpaired) electrons. The van der Waals surface area contributed by atoms with Gasteiger partial charge in [-0.2, -0.15) is 0 Å². The van der Waals surface area contributed by atoms with Crippen molar-refractivity contribution in [1.29, 1.82) is 0 Å². The maximum atomic E-state index is 11.8. The van der Waals surface area contributed by atoms with Crippen molar-refractivity contribution in [3.63, 3.8) is 0 Å². The van der Waals surface area contributed by atoms with Crippen LogP contribution in [0.15, 0.2) is 21.4 Å². The van der Waals surface area contributed by atoms with Gasteiger partial charge in [0.2, 0.25) is 6.41 Å². The second-order valence-corrected chi connectivity index (χ2v) is 4.37. The third-order valence-corrected chi connectivity index (χ3v) is 3.00. The second-order valence-electron chi connectivity index (χ2n) is 3.52. The quantitative estimate of drug-likeness (QED) is 0.823. The summed E-state index contributed by atoms with van der Waals surface area (Å²) in [6, 6.07) is 3.32. The molecular weight excluding hydrogens is 302 g/mol. The van der Waals surface area contributed by atoms with E-state index >= 15 is 0 Å². The first-order chi connectivity index (χ1) is 8.65. The minimum atomic E-state index is -0.258. The van der Waals surface area contributed by atoms with Gasteiger partial charge in [0.15, 0.2) is 0 Å². The van der Waals surface area contributed by atoms with Gasteiger partial charge in [-0.15, -0.1) is 0 Å². The summed E-state index contributed by atoms with van der Waals surface area (Å²) in [4.78, 5) is 28.9. The number of halogens is 1. The number of hydrogen-bond donors (Lipinski definition) is 2. The van der Waals surface area contributed by atoms with Gasteiger partial charge in [-0.3, -0.25) is 9.59 Å². The van der Waals surface area contributed by atoms with E-state index in [2.05, 4.69) is 31.2 Å². The topological polar surface area (TPSA) is 84.1 Å². The Kier molecular flexibility index (Phi) is 3.61. The van der Waals surface area contributed by atoms with Crippen molar-refractivity contribution in [3.8, 4) is 5.75 Å². The molecule has 0 aliphatic heterocycles. The Labute approximate surface area is 111 Å². The van der Waals surface area contributed by atoms with Crippen LogP contribution in [0.25, 0.3) is 10.9 Å². The average Bonchev–Trinajstić information content (AvgIpc) is 2.36. The summed E-state index contributed by atoms with van der Waals surface area (Å²) < 4.78 is 5.83. The van der Waals surface area contributed by atoms with E-state index in [0.29, 0.717) is 33.4 Å². The first-order valence-electron chi connectivity index (χ1n) is 5.09. The van der Waals surface area contributed by atoms with Gasteiger partial charge >= 0.3 is 0 Å². The zero-order valence-corrected chi connectivity index (χ0v) is 11.1. The Bertz CT molecular complexity index is 654. The van der Waals surface area contributed by atoms with Gasteiger partial charge in [-0.05, 0) is 22.0 Å². The van der Waals surface area contributed by atoms with E-state index in [1.807, 2.05) is 0 Å². The molecule has 0 aliphatic rings. The third kappa shape index (κ3) is 2.35. The van der Waals surface area contributed by atoms with E-state index in [9.17, 15) is 9.59 Å². The first-order valence-corrected chi connectivity index (χ1v) is 5.88. The van der Waals surface area contributed by atoms with E-state index < -0.39 is 0 Å². The number of H-pyrrole nitrogens is 1. The average molecular weight is 312 g/mol. The predicted octanol–water partition coefficient (Wildman–Crippen LogP) is 0.940. The number of fused-ring (bicyclic) bond motifs is 1. The number of ether oxygens (including phenoxy) is 1. The maximum Gasteiger partial charge on any atom is 0.258 e. The van der Waals surface area contributed by atoms with Crippen LogP contribution in [0.4, 0.5) is 0 Å². The standard InChI is InChI=1S/C11H10BrN3O3/c1-18-9-3-8-6(2-7(9)12)11(17)15-10(14-8)4-13-5-16/h2-3,5H,4H2,1H3,(H,13,16)(H,14,15,17). The molecule has 2 rings (SSSR count). The number of carbonyl (C=O) groups is 1. The third-order valence-electron chi connectivity index (χ3n) is 2.38. The van der Waals surface area contributed by atoms with Crippen molar-refractivity contribution in [1.82, 2.24) is 15.3 Å². The van der Waals surface area contributed by atoms with Crippen LogP contribution in [0.1, 0.15) is 5.82 Å². The highest BCUT2D eigenvalue weighted by Crippen LogP contribution is 2.27. The van der Waals surface area contributed by atoms with Crippen LogP contribution in [0.5, 0.6) is 5.75 Å². The number of aromatic amines is 1. The fourth-order valence-electron chi connectivity index (χ4n) is 1.57. The van der Waals surface area contributed by atoms with Gasteiger partial charge in [0.25, 0.3) is 5.56 Å². The van der Waals surface area contributed by atoms with E-state index in [-0.39, 0.29) is 12.1 Å². The predicted molar refractivity (Wildman–Crippen MR) is 69.5 cm³/mol. The summed E-state index contributed by atoms with van der Waals surface area (Å²) in [5.74, 6) is 0.985. The van der Waals surface area contributed by atoms with Gasteiger partial charge < -0.3 is 15.0 Å². The Morgan fingerprint density at radius 2 is 2.33 bits per heavy atom. The Balaban J connectivity index is 2.59. The number of amides is 1. The second kappa shape index (κ2) is 5.18. The lowest BCUT2D eigenvalue weighted by atomic mass is 10.2. The lowest BCUT2D eigenvalue weighted by molar-refractivity contribution is -0.109. The van der Waals surface area contributed by atoms with Crippen LogP contribution >= 0.6 is 15.9 Å². The molecule has 0 atom stereocenters. The van der Waals surface area contributed by atoms with Crippen molar-refractivity contribution in [3.05, 3.63) is 32.8 Å². The van der Waals surface area contributed by atoms with Gasteiger partial charge in [0.05, 0.1) is 29.0 Å². The van der Waals surface area contributed by atoms with Crippen LogP contribution in [0.2, 0.25) is 0 Å². The molecule has 0 saturated carbocycles. The number of nitrogens with one attached hydrogen (secondary N) is 2. The molecule has 1 aromatic carbocycles. The highest BCUT2D eigenvalue weighted by Gasteiger charge is 2.08. The molecule has 7 heteroatoms. The summed E-state index contributed by atoms with van der Waals surface area (Å²) >= 11 is 3.31.